The van der Waals surface area contributed by atoms with E-state index in [1.165, 1.54) is 0 Å². The van der Waals surface area contributed by atoms with Gasteiger partial charge in [0.1, 0.15) is 17.6 Å². The summed E-state index contributed by atoms with van der Waals surface area (Å²) < 4.78 is 5.55. The molecule has 8 heteroatoms. The molecule has 0 radical (unpaired) electrons. The second-order valence-corrected chi connectivity index (χ2v) is 5.95. The number of H-pyrrole nitrogens is 2. The van der Waals surface area contributed by atoms with E-state index < -0.39 is 0 Å². The van der Waals surface area contributed by atoms with Gasteiger partial charge in [-0.25, -0.2) is 4.98 Å². The lowest BCUT2D eigenvalue weighted by Gasteiger charge is -2.34. The molecular formula is C17H18N6O2. The van der Waals surface area contributed by atoms with Gasteiger partial charge in [0.15, 0.2) is 0 Å². The number of aryl methyl sites for hydroxylation is 1. The number of pyridine rings is 1. The van der Waals surface area contributed by atoms with Crippen LogP contribution in [0.2, 0.25) is 0 Å². The number of carbonyl (C=O) groups is 1. The molecule has 1 aliphatic rings. The summed E-state index contributed by atoms with van der Waals surface area (Å²) in [5.74, 6) is 0.613. The van der Waals surface area contributed by atoms with E-state index in [0.29, 0.717) is 31.1 Å². The Hall–Kier alpha value is -3.00. The summed E-state index contributed by atoms with van der Waals surface area (Å²) in [5, 5.41) is 7.08. The first-order valence-electron chi connectivity index (χ1n) is 8.08. The van der Waals surface area contributed by atoms with E-state index >= 15 is 0 Å². The third kappa shape index (κ3) is 3.03. The Morgan fingerprint density at radius 1 is 1.40 bits per heavy atom. The van der Waals surface area contributed by atoms with Gasteiger partial charge in [-0.2, -0.15) is 5.10 Å². The van der Waals surface area contributed by atoms with E-state index in [9.17, 15) is 4.79 Å². The van der Waals surface area contributed by atoms with Gasteiger partial charge < -0.3 is 14.6 Å². The summed E-state index contributed by atoms with van der Waals surface area (Å²) >= 11 is 0. The summed E-state index contributed by atoms with van der Waals surface area (Å²) in [6.45, 7) is 3.36. The van der Waals surface area contributed by atoms with E-state index in [4.69, 9.17) is 4.74 Å². The Kier molecular flexibility index (Phi) is 4.02. The average molecular weight is 338 g/mol. The van der Waals surface area contributed by atoms with Crippen molar-refractivity contribution in [1.29, 1.82) is 0 Å². The molecule has 1 saturated heterocycles. The maximum Gasteiger partial charge on any atom is 0.272 e. The minimum atomic E-state index is -0.236. The van der Waals surface area contributed by atoms with Gasteiger partial charge in [-0.15, -0.1) is 0 Å². The molecule has 0 bridgehead atoms. The van der Waals surface area contributed by atoms with E-state index in [-0.39, 0.29) is 11.9 Å². The van der Waals surface area contributed by atoms with Gasteiger partial charge in [0.05, 0.1) is 18.9 Å². The highest BCUT2D eigenvalue weighted by molar-refractivity contribution is 5.93. The molecule has 1 aliphatic heterocycles. The number of nitrogens with one attached hydrogen (secondary N) is 2. The van der Waals surface area contributed by atoms with Crippen LogP contribution in [0.1, 0.15) is 28.0 Å². The number of imidazole rings is 1. The normalized spacial score (nSPS) is 17.6. The molecule has 2 N–H and O–H groups in total. The number of hydrogen-bond acceptors (Lipinski definition) is 5. The quantitative estimate of drug-likeness (QED) is 0.757. The van der Waals surface area contributed by atoms with Gasteiger partial charge in [0.25, 0.3) is 5.91 Å². The van der Waals surface area contributed by atoms with Crippen LogP contribution < -0.4 is 0 Å². The summed E-state index contributed by atoms with van der Waals surface area (Å²) in [4.78, 5) is 26.4. The summed E-state index contributed by atoms with van der Waals surface area (Å²) in [5.41, 5.74) is 2.94. The van der Waals surface area contributed by atoms with E-state index in [1.54, 1.807) is 29.6 Å². The summed E-state index contributed by atoms with van der Waals surface area (Å²) in [6, 6.07) is 5.25. The fourth-order valence-corrected chi connectivity index (χ4v) is 2.92. The fraction of sp³-hybridized carbons (Fsp3) is 0.294. The van der Waals surface area contributed by atoms with Gasteiger partial charge in [0.2, 0.25) is 0 Å². The van der Waals surface area contributed by atoms with Gasteiger partial charge in [0, 0.05) is 36.4 Å². The number of aromatic nitrogens is 5. The minimum absolute atomic E-state index is 0.120. The molecule has 4 rings (SSSR count). The third-order valence-corrected chi connectivity index (χ3v) is 4.19. The van der Waals surface area contributed by atoms with E-state index in [1.807, 2.05) is 19.1 Å². The highest BCUT2D eigenvalue weighted by Gasteiger charge is 2.32. The minimum Gasteiger partial charge on any atom is -0.377 e. The highest BCUT2D eigenvalue weighted by atomic mass is 16.5. The van der Waals surface area contributed by atoms with Crippen molar-refractivity contribution in [3.05, 3.63) is 54.0 Å². The molecule has 1 amide bonds. The van der Waals surface area contributed by atoms with Crippen molar-refractivity contribution in [2.24, 2.45) is 0 Å². The second-order valence-electron chi connectivity index (χ2n) is 5.95. The molecule has 0 spiro atoms. The first-order valence-corrected chi connectivity index (χ1v) is 8.08. The zero-order valence-corrected chi connectivity index (χ0v) is 13.8. The Balaban J connectivity index is 1.60. The molecule has 3 aromatic rings. The van der Waals surface area contributed by atoms with E-state index in [2.05, 4.69) is 25.1 Å². The smallest absolute Gasteiger partial charge is 0.272 e. The predicted molar refractivity (Wildman–Crippen MR) is 89.7 cm³/mol. The molecule has 4 heterocycles. The van der Waals surface area contributed by atoms with Crippen LogP contribution in [0.15, 0.2) is 36.8 Å². The monoisotopic (exact) mass is 338 g/mol. The number of nitrogens with zero attached hydrogens (tertiary/aromatic N) is 4. The Morgan fingerprint density at radius 2 is 2.32 bits per heavy atom. The van der Waals surface area contributed by atoms with Crippen molar-refractivity contribution in [2.45, 2.75) is 13.0 Å². The van der Waals surface area contributed by atoms with Crippen molar-refractivity contribution < 1.29 is 9.53 Å². The number of carbonyl (C=O) groups excluding carboxylic acids is 1. The number of rotatable bonds is 3. The van der Waals surface area contributed by atoms with Crippen molar-refractivity contribution >= 4 is 5.91 Å². The topological polar surface area (TPSA) is 99.8 Å². The Morgan fingerprint density at radius 3 is 3.08 bits per heavy atom. The number of morpholine rings is 1. The number of amides is 1. The maximum atomic E-state index is 13.0. The van der Waals surface area contributed by atoms with Gasteiger partial charge in [-0.3, -0.25) is 14.9 Å². The molecule has 1 atom stereocenters. The molecule has 0 saturated carbocycles. The standard InChI is InChI=1S/C17H18N6O2/c1-11-8-19-16(20-11)15-10-25-6-5-23(15)17(24)14-7-13(21-22-14)12-3-2-4-18-9-12/h2-4,7-9,15H,5-6,10H2,1H3,(H,19,20)(H,21,22). The van der Waals surface area contributed by atoms with Gasteiger partial charge >= 0.3 is 0 Å². The predicted octanol–water partition coefficient (Wildman–Crippen LogP) is 1.72. The number of ether oxygens (including phenoxy) is 1. The van der Waals surface area contributed by atoms with Gasteiger partial charge in [-0.1, -0.05) is 0 Å². The SMILES string of the molecule is Cc1cnc(C2COCCN2C(=O)c2cc(-c3cccnc3)n[nH]2)[nH]1. The second kappa shape index (κ2) is 6.48. The van der Waals surface area contributed by atoms with Crippen molar-refractivity contribution in [1.82, 2.24) is 30.0 Å². The molecule has 1 fully saturated rings. The first-order chi connectivity index (χ1) is 12.2. The highest BCUT2D eigenvalue weighted by Crippen LogP contribution is 2.25. The molecule has 128 valence electrons. The zero-order chi connectivity index (χ0) is 17.2. The van der Waals surface area contributed by atoms with Crippen LogP contribution in [0.25, 0.3) is 11.3 Å². The lowest BCUT2D eigenvalue weighted by Crippen LogP contribution is -2.44. The zero-order valence-electron chi connectivity index (χ0n) is 13.8. The van der Waals surface area contributed by atoms with Crippen LogP contribution in [-0.2, 0) is 4.74 Å². The van der Waals surface area contributed by atoms with Crippen molar-refractivity contribution in [3.63, 3.8) is 0 Å². The van der Waals surface area contributed by atoms with Crippen LogP contribution in [0, 0.1) is 6.92 Å². The lowest BCUT2D eigenvalue weighted by atomic mass is 10.1. The molecule has 0 aliphatic carbocycles. The largest absolute Gasteiger partial charge is 0.377 e. The third-order valence-electron chi connectivity index (χ3n) is 4.19. The molecule has 8 nitrogen and oxygen atoms in total. The molecule has 3 aromatic heterocycles. The molecule has 25 heavy (non-hydrogen) atoms. The first kappa shape index (κ1) is 15.5. The van der Waals surface area contributed by atoms with Crippen LogP contribution in [0.4, 0.5) is 0 Å². The van der Waals surface area contributed by atoms with Crippen LogP contribution in [0.3, 0.4) is 0 Å². The summed E-state index contributed by atoms with van der Waals surface area (Å²) in [7, 11) is 0. The summed E-state index contributed by atoms with van der Waals surface area (Å²) in [6.07, 6.45) is 5.17. The Labute approximate surface area is 144 Å². The molecular weight excluding hydrogens is 320 g/mol. The number of hydrogen-bond donors (Lipinski definition) is 2. The average Bonchev–Trinajstić information content (AvgIpc) is 3.31. The maximum absolute atomic E-state index is 13.0. The van der Waals surface area contributed by atoms with Crippen LogP contribution in [0.5, 0.6) is 0 Å². The van der Waals surface area contributed by atoms with Gasteiger partial charge in [-0.05, 0) is 25.1 Å². The van der Waals surface area contributed by atoms with Crippen molar-refractivity contribution in [3.8, 4) is 11.3 Å². The van der Waals surface area contributed by atoms with E-state index in [0.717, 1.165) is 17.1 Å². The molecule has 0 aromatic carbocycles. The molecule has 1 unspecified atom stereocenters. The van der Waals surface area contributed by atoms with Crippen molar-refractivity contribution in [2.75, 3.05) is 19.8 Å². The lowest BCUT2D eigenvalue weighted by molar-refractivity contribution is -0.00531. The fourth-order valence-electron chi connectivity index (χ4n) is 2.92. The van der Waals surface area contributed by atoms with Crippen LogP contribution >= 0.6 is 0 Å². The number of aromatic amines is 2. The Bertz CT molecular complexity index is 872. The van der Waals surface area contributed by atoms with Crippen LogP contribution in [-0.4, -0.2) is 55.7 Å².